The molecule has 0 saturated carbocycles. The lowest BCUT2D eigenvalue weighted by atomic mass is 9.73. The summed E-state index contributed by atoms with van der Waals surface area (Å²) < 4.78 is 0. The minimum Gasteiger partial charge on any atom is -0.368 e. The molecule has 4 N–H and O–H groups in total. The summed E-state index contributed by atoms with van der Waals surface area (Å²) in [4.78, 5) is 26.4. The normalized spacial score (nSPS) is 14.7. The lowest BCUT2D eigenvalue weighted by Crippen LogP contribution is -2.29. The number of nitrogens with one attached hydrogen (secondary N) is 2. The summed E-state index contributed by atoms with van der Waals surface area (Å²) in [6.07, 6.45) is 4.16. The van der Waals surface area contributed by atoms with Crippen LogP contribution < -0.4 is 11.1 Å². The number of anilines is 2. The summed E-state index contributed by atoms with van der Waals surface area (Å²) in [5.41, 5.74) is 9.05. The number of aromatic nitrogens is 5. The molecule has 9 heteroatoms. The van der Waals surface area contributed by atoms with Crippen LogP contribution in [-0.4, -0.2) is 31.1 Å². The smallest absolute Gasteiger partial charge is 0.278 e. The molecule has 3 aromatic rings. The molecule has 0 bridgehead atoms. The Hall–Kier alpha value is -2.81. The van der Waals surface area contributed by atoms with E-state index >= 15 is 0 Å². The molecule has 0 aromatic carbocycles. The number of aromatic amines is 1. The van der Waals surface area contributed by atoms with E-state index in [9.17, 15) is 4.79 Å². The van der Waals surface area contributed by atoms with Gasteiger partial charge < -0.3 is 5.73 Å². The first-order valence-corrected chi connectivity index (χ1v) is 8.61. The molecule has 0 unspecified atom stereocenters. The van der Waals surface area contributed by atoms with Crippen LogP contribution in [0.4, 0.5) is 11.1 Å². The van der Waals surface area contributed by atoms with Crippen molar-refractivity contribution in [2.24, 2.45) is 0 Å². The van der Waals surface area contributed by atoms with Crippen molar-refractivity contribution < 1.29 is 4.79 Å². The molecule has 3 aromatic heterocycles. The minimum atomic E-state index is -0.291. The number of amides is 1. The molecular formula is C16H17N7OS. The van der Waals surface area contributed by atoms with Gasteiger partial charge in [0.2, 0.25) is 5.95 Å². The van der Waals surface area contributed by atoms with E-state index in [0.29, 0.717) is 22.9 Å². The van der Waals surface area contributed by atoms with Crippen molar-refractivity contribution in [1.82, 2.24) is 25.1 Å². The van der Waals surface area contributed by atoms with E-state index in [2.05, 4.69) is 44.3 Å². The molecule has 8 nitrogen and oxygen atoms in total. The highest BCUT2D eigenvalue weighted by molar-refractivity contribution is 7.15. The summed E-state index contributed by atoms with van der Waals surface area (Å²) in [6.45, 7) is 6.09. The highest BCUT2D eigenvalue weighted by Gasteiger charge is 2.38. The molecule has 128 valence electrons. The van der Waals surface area contributed by atoms with Gasteiger partial charge in [-0.3, -0.25) is 15.2 Å². The molecule has 0 fully saturated rings. The highest BCUT2D eigenvalue weighted by Crippen LogP contribution is 2.42. The van der Waals surface area contributed by atoms with E-state index in [1.807, 2.05) is 6.92 Å². The minimum absolute atomic E-state index is 0.197. The number of nitrogen functional groups attached to an aromatic ring is 1. The zero-order valence-electron chi connectivity index (χ0n) is 14.0. The first-order chi connectivity index (χ1) is 11.8. The zero-order chi connectivity index (χ0) is 17.8. The average Bonchev–Trinajstić information content (AvgIpc) is 3.15. The molecule has 3 heterocycles. The van der Waals surface area contributed by atoms with E-state index in [1.165, 1.54) is 11.3 Å². The van der Waals surface area contributed by atoms with E-state index in [1.54, 1.807) is 12.4 Å². The number of hydrogen-bond donors (Lipinski definition) is 3. The van der Waals surface area contributed by atoms with Gasteiger partial charge in [-0.15, -0.1) is 11.3 Å². The summed E-state index contributed by atoms with van der Waals surface area (Å²) >= 11 is 1.42. The van der Waals surface area contributed by atoms with Crippen molar-refractivity contribution in [3.63, 3.8) is 0 Å². The van der Waals surface area contributed by atoms with Crippen LogP contribution >= 0.6 is 11.3 Å². The molecule has 0 atom stereocenters. The molecule has 1 aliphatic carbocycles. The Morgan fingerprint density at radius 3 is 2.88 bits per heavy atom. The number of fused-ring (bicyclic) bond motifs is 3. The molecular weight excluding hydrogens is 338 g/mol. The fourth-order valence-corrected chi connectivity index (χ4v) is 3.90. The van der Waals surface area contributed by atoms with Gasteiger partial charge in [0, 0.05) is 22.8 Å². The number of rotatable bonds is 2. The van der Waals surface area contributed by atoms with Crippen LogP contribution in [0.15, 0.2) is 12.4 Å². The van der Waals surface area contributed by atoms with Gasteiger partial charge >= 0.3 is 0 Å². The largest absolute Gasteiger partial charge is 0.368 e. The maximum atomic E-state index is 12.7. The molecule has 0 aliphatic heterocycles. The van der Waals surface area contributed by atoms with Crippen LogP contribution in [0.2, 0.25) is 0 Å². The summed E-state index contributed by atoms with van der Waals surface area (Å²) in [6, 6.07) is 0. The third kappa shape index (κ3) is 2.56. The summed E-state index contributed by atoms with van der Waals surface area (Å²) in [5.74, 6) is -0.0892. The Kier molecular flexibility index (Phi) is 3.36. The molecule has 1 aliphatic rings. The quantitative estimate of drug-likeness (QED) is 0.648. The second-order valence-corrected chi connectivity index (χ2v) is 7.95. The third-order valence-corrected chi connectivity index (χ3v) is 5.08. The lowest BCUT2D eigenvalue weighted by molar-refractivity contribution is 0.102. The molecule has 4 rings (SSSR count). The Labute approximate surface area is 147 Å². The van der Waals surface area contributed by atoms with Crippen LogP contribution in [0.1, 0.15) is 40.3 Å². The number of nitrogens with two attached hydrogens (primary N) is 1. The number of carbonyl (C=O) groups excluding carboxylic acids is 1. The number of hydrogen-bond acceptors (Lipinski definition) is 7. The molecule has 0 spiro atoms. The standard InChI is InChI=1S/C16H17N7OS/c1-7-5-19-15(25-7)21-13(24)12-9-11(22-23-12)10-8(4-16(9,2)3)6-18-14(17)20-10/h5-6H,4H2,1-3H3,(H,22,23)(H2,17,18,20)(H,19,21,24). The van der Waals surface area contributed by atoms with Crippen molar-refractivity contribution in [3.05, 3.63) is 34.1 Å². The van der Waals surface area contributed by atoms with Gasteiger partial charge in [-0.2, -0.15) is 5.10 Å². The van der Waals surface area contributed by atoms with Gasteiger partial charge in [-0.25, -0.2) is 15.0 Å². The predicted octanol–water partition coefficient (Wildman–Crippen LogP) is 2.30. The predicted molar refractivity (Wildman–Crippen MR) is 95.6 cm³/mol. The van der Waals surface area contributed by atoms with E-state index in [-0.39, 0.29) is 17.3 Å². The van der Waals surface area contributed by atoms with Crippen molar-refractivity contribution in [3.8, 4) is 11.4 Å². The van der Waals surface area contributed by atoms with Gasteiger partial charge in [-0.05, 0) is 24.3 Å². The molecule has 1 amide bonds. The monoisotopic (exact) mass is 355 g/mol. The Morgan fingerprint density at radius 2 is 2.16 bits per heavy atom. The fraction of sp³-hybridized carbons (Fsp3) is 0.312. The molecule has 25 heavy (non-hydrogen) atoms. The SMILES string of the molecule is Cc1cnc(NC(=O)c2n[nH]c3c2C(C)(C)Cc2cnc(N)nc2-3)s1. The van der Waals surface area contributed by atoms with E-state index in [4.69, 9.17) is 5.73 Å². The highest BCUT2D eigenvalue weighted by atomic mass is 32.1. The maximum Gasteiger partial charge on any atom is 0.278 e. The van der Waals surface area contributed by atoms with Crippen molar-refractivity contribution in [2.75, 3.05) is 11.1 Å². The summed E-state index contributed by atoms with van der Waals surface area (Å²) in [7, 11) is 0. The van der Waals surface area contributed by atoms with Gasteiger partial charge in [0.15, 0.2) is 10.8 Å². The van der Waals surface area contributed by atoms with Crippen LogP contribution in [0, 0.1) is 6.92 Å². The van der Waals surface area contributed by atoms with Gasteiger partial charge in [0.05, 0.1) is 11.4 Å². The summed E-state index contributed by atoms with van der Waals surface area (Å²) in [5, 5.41) is 10.6. The second-order valence-electron chi connectivity index (χ2n) is 6.72. The van der Waals surface area contributed by atoms with E-state index < -0.39 is 0 Å². The Bertz CT molecular complexity index is 988. The van der Waals surface area contributed by atoms with Gasteiger partial charge in [0.1, 0.15) is 0 Å². The van der Waals surface area contributed by atoms with Crippen LogP contribution in [0.25, 0.3) is 11.4 Å². The topological polar surface area (TPSA) is 122 Å². The fourth-order valence-electron chi connectivity index (χ4n) is 3.24. The van der Waals surface area contributed by atoms with Crippen molar-refractivity contribution >= 4 is 28.3 Å². The van der Waals surface area contributed by atoms with Gasteiger partial charge in [-0.1, -0.05) is 13.8 Å². The molecule has 0 radical (unpaired) electrons. The average molecular weight is 355 g/mol. The van der Waals surface area contributed by atoms with Crippen molar-refractivity contribution in [2.45, 2.75) is 32.6 Å². The lowest BCUT2D eigenvalue weighted by Gasteiger charge is -2.31. The van der Waals surface area contributed by atoms with Crippen molar-refractivity contribution in [1.29, 1.82) is 0 Å². The number of thiazole rings is 1. The first-order valence-electron chi connectivity index (χ1n) is 7.79. The zero-order valence-corrected chi connectivity index (χ0v) is 14.9. The van der Waals surface area contributed by atoms with Crippen LogP contribution in [-0.2, 0) is 11.8 Å². The van der Waals surface area contributed by atoms with E-state index in [0.717, 1.165) is 21.7 Å². The number of aryl methyl sites for hydroxylation is 1. The number of carbonyl (C=O) groups is 1. The third-order valence-electron chi connectivity index (χ3n) is 4.25. The number of nitrogens with zero attached hydrogens (tertiary/aromatic N) is 4. The maximum absolute atomic E-state index is 12.7. The number of H-pyrrole nitrogens is 1. The van der Waals surface area contributed by atoms with Crippen LogP contribution in [0.5, 0.6) is 0 Å². The second kappa shape index (κ2) is 5.35. The Balaban J connectivity index is 1.79. The first kappa shape index (κ1) is 15.7. The van der Waals surface area contributed by atoms with Gasteiger partial charge in [0.25, 0.3) is 5.91 Å². The van der Waals surface area contributed by atoms with Crippen LogP contribution in [0.3, 0.4) is 0 Å². The Morgan fingerprint density at radius 1 is 1.36 bits per heavy atom. The molecule has 0 saturated heterocycles.